The van der Waals surface area contributed by atoms with Crippen molar-refractivity contribution in [3.05, 3.63) is 42.0 Å². The quantitative estimate of drug-likeness (QED) is 0.745. The molecule has 0 aromatic heterocycles. The zero-order valence-electron chi connectivity index (χ0n) is 12.6. The first-order valence-corrected chi connectivity index (χ1v) is 6.88. The molecule has 0 heterocycles. The molecule has 120 valence electrons. The maximum atomic E-state index is 12.1. The van der Waals surface area contributed by atoms with E-state index >= 15 is 0 Å². The first kappa shape index (κ1) is 16.3. The number of carbonyl (C=O) groups excluding carboxylic acids is 3. The molecule has 0 aliphatic rings. The van der Waals surface area contributed by atoms with Crippen LogP contribution < -0.4 is 10.6 Å². The van der Waals surface area contributed by atoms with Crippen molar-refractivity contribution in [3.8, 4) is 5.75 Å². The normalized spacial score (nSPS) is 11.6. The predicted octanol–water partition coefficient (Wildman–Crippen LogP) is 1.55. The molecule has 1 atom stereocenters. The van der Waals surface area contributed by atoms with Gasteiger partial charge in [0, 0.05) is 12.4 Å². The molecule has 0 fully saturated rings. The molecule has 0 unspecified atom stereocenters. The number of hydrogen-bond donors (Lipinski definition) is 3. The number of benzene rings is 2. The van der Waals surface area contributed by atoms with Crippen molar-refractivity contribution in [1.82, 2.24) is 10.6 Å². The van der Waals surface area contributed by atoms with Gasteiger partial charge in [0.25, 0.3) is 5.91 Å². The SMILES string of the molecule is CNC(=O)NC(=O)[C@@H](C)OC(=O)c1ccc2ccccc2c1O. The zero-order valence-corrected chi connectivity index (χ0v) is 12.6. The number of ether oxygens (including phenoxy) is 1. The predicted molar refractivity (Wildman–Crippen MR) is 83.1 cm³/mol. The van der Waals surface area contributed by atoms with Crippen molar-refractivity contribution in [1.29, 1.82) is 0 Å². The molecule has 0 spiro atoms. The summed E-state index contributed by atoms with van der Waals surface area (Å²) >= 11 is 0. The Hall–Kier alpha value is -3.09. The second-order valence-corrected chi connectivity index (χ2v) is 4.80. The number of phenolic OH excluding ortho intramolecular Hbond substituents is 1. The topological polar surface area (TPSA) is 105 Å². The van der Waals surface area contributed by atoms with E-state index in [1.54, 1.807) is 24.3 Å². The molecule has 0 saturated heterocycles. The number of hydrogen-bond acceptors (Lipinski definition) is 5. The number of fused-ring (bicyclic) bond motifs is 1. The highest BCUT2D eigenvalue weighted by molar-refractivity contribution is 6.02. The van der Waals surface area contributed by atoms with Crippen LogP contribution in [0.3, 0.4) is 0 Å². The Balaban J connectivity index is 2.16. The standard InChI is InChI=1S/C16H16N2O5/c1-9(14(20)18-16(22)17-2)23-15(21)12-8-7-10-5-3-4-6-11(10)13(12)19/h3-9,19H,1-2H3,(H2,17,18,20,22)/t9-/m1/s1. The van der Waals surface area contributed by atoms with E-state index < -0.39 is 24.0 Å². The van der Waals surface area contributed by atoms with Gasteiger partial charge in [0.2, 0.25) is 0 Å². The third-order valence-corrected chi connectivity index (χ3v) is 3.24. The minimum atomic E-state index is -1.19. The lowest BCUT2D eigenvalue weighted by Gasteiger charge is -2.13. The minimum Gasteiger partial charge on any atom is -0.506 e. The second-order valence-electron chi connectivity index (χ2n) is 4.80. The van der Waals surface area contributed by atoms with Gasteiger partial charge < -0.3 is 15.2 Å². The van der Waals surface area contributed by atoms with E-state index in [0.29, 0.717) is 5.39 Å². The van der Waals surface area contributed by atoms with Gasteiger partial charge in [-0.25, -0.2) is 9.59 Å². The molecule has 0 aliphatic carbocycles. The molecule has 2 aromatic rings. The van der Waals surface area contributed by atoms with E-state index in [1.165, 1.54) is 20.0 Å². The fraction of sp³-hybridized carbons (Fsp3) is 0.188. The highest BCUT2D eigenvalue weighted by Crippen LogP contribution is 2.29. The average molecular weight is 316 g/mol. The van der Waals surface area contributed by atoms with E-state index in [9.17, 15) is 19.5 Å². The highest BCUT2D eigenvalue weighted by Gasteiger charge is 2.22. The number of amides is 3. The van der Waals surface area contributed by atoms with E-state index in [4.69, 9.17) is 4.74 Å². The van der Waals surface area contributed by atoms with Gasteiger partial charge in [-0.2, -0.15) is 0 Å². The zero-order chi connectivity index (χ0) is 17.0. The number of rotatable bonds is 3. The van der Waals surface area contributed by atoms with Crippen LogP contribution >= 0.6 is 0 Å². The molecular formula is C16H16N2O5. The number of carbonyl (C=O) groups is 3. The van der Waals surface area contributed by atoms with E-state index in [-0.39, 0.29) is 11.3 Å². The van der Waals surface area contributed by atoms with Crippen molar-refractivity contribution in [2.45, 2.75) is 13.0 Å². The van der Waals surface area contributed by atoms with Crippen molar-refractivity contribution in [2.75, 3.05) is 7.05 Å². The largest absolute Gasteiger partial charge is 0.506 e. The lowest BCUT2D eigenvalue weighted by atomic mass is 10.1. The Morgan fingerprint density at radius 1 is 1.13 bits per heavy atom. The molecule has 23 heavy (non-hydrogen) atoms. The summed E-state index contributed by atoms with van der Waals surface area (Å²) in [4.78, 5) is 34.8. The smallest absolute Gasteiger partial charge is 0.342 e. The molecule has 3 amide bonds. The fourth-order valence-electron chi connectivity index (χ4n) is 1.97. The monoisotopic (exact) mass is 316 g/mol. The number of nitrogens with one attached hydrogen (secondary N) is 2. The van der Waals surface area contributed by atoms with Crippen LogP contribution in [0.2, 0.25) is 0 Å². The molecule has 0 aliphatic heterocycles. The van der Waals surface area contributed by atoms with Crippen LogP contribution in [0.5, 0.6) is 5.75 Å². The van der Waals surface area contributed by atoms with Crippen LogP contribution in [-0.4, -0.2) is 36.2 Å². The van der Waals surface area contributed by atoms with Gasteiger partial charge >= 0.3 is 12.0 Å². The summed E-state index contributed by atoms with van der Waals surface area (Å²) < 4.78 is 4.98. The minimum absolute atomic E-state index is 0.0525. The van der Waals surface area contributed by atoms with Crippen molar-refractivity contribution in [2.24, 2.45) is 0 Å². The van der Waals surface area contributed by atoms with Gasteiger partial charge in [-0.3, -0.25) is 10.1 Å². The third-order valence-electron chi connectivity index (χ3n) is 3.24. The molecule has 7 nitrogen and oxygen atoms in total. The third kappa shape index (κ3) is 3.57. The Morgan fingerprint density at radius 3 is 2.52 bits per heavy atom. The summed E-state index contributed by atoms with van der Waals surface area (Å²) in [6.07, 6.45) is -1.19. The maximum Gasteiger partial charge on any atom is 0.342 e. The van der Waals surface area contributed by atoms with Crippen LogP contribution in [0.1, 0.15) is 17.3 Å². The Bertz CT molecular complexity index is 772. The number of aromatic hydroxyl groups is 1. The summed E-state index contributed by atoms with van der Waals surface area (Å²) in [5.41, 5.74) is -0.0525. The fourth-order valence-corrected chi connectivity index (χ4v) is 1.97. The molecule has 7 heteroatoms. The van der Waals surface area contributed by atoms with Crippen LogP contribution in [-0.2, 0) is 9.53 Å². The van der Waals surface area contributed by atoms with Gasteiger partial charge in [-0.1, -0.05) is 30.3 Å². The molecule has 0 saturated carbocycles. The average Bonchev–Trinajstić information content (AvgIpc) is 2.54. The number of urea groups is 1. The van der Waals surface area contributed by atoms with Gasteiger partial charge in [-0.15, -0.1) is 0 Å². The Kier molecular flexibility index (Phi) is 4.80. The summed E-state index contributed by atoms with van der Waals surface area (Å²) in [7, 11) is 1.35. The Labute approximate surface area is 132 Å². The number of esters is 1. The van der Waals surface area contributed by atoms with Gasteiger partial charge in [-0.05, 0) is 18.4 Å². The summed E-state index contributed by atoms with van der Waals surface area (Å²) in [6, 6.07) is 9.39. The van der Waals surface area contributed by atoms with E-state index in [2.05, 4.69) is 5.32 Å². The Morgan fingerprint density at radius 2 is 1.83 bits per heavy atom. The van der Waals surface area contributed by atoms with Crippen LogP contribution in [0, 0.1) is 0 Å². The second kappa shape index (κ2) is 6.78. The van der Waals surface area contributed by atoms with Crippen LogP contribution in [0.25, 0.3) is 10.8 Å². The van der Waals surface area contributed by atoms with Crippen LogP contribution in [0.4, 0.5) is 4.79 Å². The van der Waals surface area contributed by atoms with Crippen molar-refractivity contribution in [3.63, 3.8) is 0 Å². The van der Waals surface area contributed by atoms with Gasteiger partial charge in [0.05, 0.1) is 0 Å². The van der Waals surface area contributed by atoms with E-state index in [1.807, 2.05) is 11.4 Å². The molecule has 2 rings (SSSR count). The number of phenols is 1. The lowest BCUT2D eigenvalue weighted by molar-refractivity contribution is -0.127. The van der Waals surface area contributed by atoms with Gasteiger partial charge in [0.1, 0.15) is 11.3 Å². The maximum absolute atomic E-state index is 12.1. The molecular weight excluding hydrogens is 300 g/mol. The summed E-state index contributed by atoms with van der Waals surface area (Å²) in [5.74, 6) is -1.84. The van der Waals surface area contributed by atoms with Gasteiger partial charge in [0.15, 0.2) is 6.10 Å². The lowest BCUT2D eigenvalue weighted by Crippen LogP contribution is -2.43. The number of imide groups is 1. The summed E-state index contributed by atoms with van der Waals surface area (Å²) in [6.45, 7) is 1.33. The highest BCUT2D eigenvalue weighted by atomic mass is 16.5. The summed E-state index contributed by atoms with van der Waals surface area (Å²) in [5, 5.41) is 15.7. The first-order valence-electron chi connectivity index (χ1n) is 6.88. The molecule has 0 radical (unpaired) electrons. The van der Waals surface area contributed by atoms with Crippen molar-refractivity contribution >= 4 is 28.7 Å². The molecule has 3 N–H and O–H groups in total. The van der Waals surface area contributed by atoms with E-state index in [0.717, 1.165) is 5.39 Å². The molecule has 0 bridgehead atoms. The van der Waals surface area contributed by atoms with Crippen molar-refractivity contribution < 1.29 is 24.2 Å². The first-order chi connectivity index (χ1) is 10.9. The molecule has 2 aromatic carbocycles. The van der Waals surface area contributed by atoms with Crippen LogP contribution in [0.15, 0.2) is 36.4 Å².